The molecule has 1 aliphatic rings. The van der Waals surface area contributed by atoms with Crippen LogP contribution in [0.25, 0.3) is 0 Å². The number of sulfone groups is 1. The summed E-state index contributed by atoms with van der Waals surface area (Å²) in [6.45, 7) is 1.86. The van der Waals surface area contributed by atoms with E-state index >= 15 is 0 Å². The lowest BCUT2D eigenvalue weighted by Crippen LogP contribution is -2.46. The first kappa shape index (κ1) is 21.4. The van der Waals surface area contributed by atoms with E-state index in [1.165, 1.54) is 27.9 Å². The number of likely N-dealkylation sites (tertiary alicyclic amines) is 1. The summed E-state index contributed by atoms with van der Waals surface area (Å²) in [5.74, 6) is -0.393. The quantitative estimate of drug-likeness (QED) is 0.660. The molecule has 1 aromatic carbocycles. The van der Waals surface area contributed by atoms with Crippen LogP contribution in [0.5, 0.6) is 0 Å². The van der Waals surface area contributed by atoms with Crippen LogP contribution in [0.3, 0.4) is 0 Å². The van der Waals surface area contributed by atoms with Crippen molar-refractivity contribution in [3.63, 3.8) is 0 Å². The zero-order valence-corrected chi connectivity index (χ0v) is 17.8. The first-order chi connectivity index (χ1) is 13.6. The Morgan fingerprint density at radius 2 is 1.90 bits per heavy atom. The number of carbonyl (C=O) groups excluding carboxylic acids is 1. The molecule has 1 aliphatic heterocycles. The van der Waals surface area contributed by atoms with Crippen LogP contribution in [0.4, 0.5) is 0 Å². The molecular formula is C17H23N5O5S2. The molecule has 1 amide bonds. The molecule has 0 aliphatic carbocycles. The Balaban J connectivity index is 1.57. The Hall–Kier alpha value is -2.31. The zero-order chi connectivity index (χ0) is 21.2. The summed E-state index contributed by atoms with van der Waals surface area (Å²) in [5, 5.41) is 6.54. The molecule has 1 aromatic heterocycles. The van der Waals surface area contributed by atoms with Gasteiger partial charge in [-0.3, -0.25) is 4.79 Å². The number of amides is 1. The van der Waals surface area contributed by atoms with Gasteiger partial charge in [-0.2, -0.15) is 0 Å². The van der Waals surface area contributed by atoms with Crippen molar-refractivity contribution < 1.29 is 21.6 Å². The second-order valence-electron chi connectivity index (χ2n) is 6.99. The van der Waals surface area contributed by atoms with Crippen LogP contribution >= 0.6 is 0 Å². The summed E-state index contributed by atoms with van der Waals surface area (Å²) in [6.07, 6.45) is 1.84. The van der Waals surface area contributed by atoms with Crippen molar-refractivity contribution in [2.45, 2.75) is 35.1 Å². The molecule has 3 rings (SSSR count). The Labute approximate surface area is 169 Å². The molecule has 1 fully saturated rings. The number of carbonyl (C=O) groups is 1. The highest BCUT2D eigenvalue weighted by molar-refractivity contribution is 7.91. The Kier molecular flexibility index (Phi) is 6.05. The largest absolute Gasteiger partial charge is 0.341 e. The molecule has 0 spiro atoms. The number of benzene rings is 1. The van der Waals surface area contributed by atoms with E-state index in [1.54, 1.807) is 26.1 Å². The van der Waals surface area contributed by atoms with Gasteiger partial charge in [0.05, 0.1) is 16.7 Å². The number of piperidine rings is 1. The highest BCUT2D eigenvalue weighted by Gasteiger charge is 2.35. The predicted octanol–water partition coefficient (Wildman–Crippen LogP) is -0.133. The third kappa shape index (κ3) is 4.65. The first-order valence-corrected chi connectivity index (χ1v) is 12.1. The van der Waals surface area contributed by atoms with Crippen LogP contribution in [-0.4, -0.2) is 67.3 Å². The maximum Gasteiger partial charge on any atom is 0.249 e. The number of hydrogen-bond acceptors (Lipinski definition) is 7. The molecule has 0 unspecified atom stereocenters. The number of aromatic nitrogens is 3. The van der Waals surface area contributed by atoms with Gasteiger partial charge in [0.1, 0.15) is 6.33 Å². The third-order valence-corrected chi connectivity index (χ3v) is 8.50. The molecule has 0 bridgehead atoms. The van der Waals surface area contributed by atoms with E-state index in [4.69, 9.17) is 0 Å². The van der Waals surface area contributed by atoms with Crippen LogP contribution in [0.15, 0.2) is 40.6 Å². The number of rotatable bonds is 6. The highest BCUT2D eigenvalue weighted by atomic mass is 32.2. The number of nitrogens with zero attached hydrogens (tertiary/aromatic N) is 4. The molecule has 0 atom stereocenters. The monoisotopic (exact) mass is 441 g/mol. The summed E-state index contributed by atoms with van der Waals surface area (Å²) in [6, 6.07) is 6.40. The standard InChI is InChI=1S/C17H23N5O5S2/c1-13-4-3-5-15(10-13)29(26,27)19-11-16(23)22-8-6-14(7-9-22)28(24,25)17-20-18-12-21(17)2/h3-5,10,12,14,19H,6-9,11H2,1-2H3. The van der Waals surface area contributed by atoms with Gasteiger partial charge in [-0.1, -0.05) is 12.1 Å². The van der Waals surface area contributed by atoms with Crippen molar-refractivity contribution in [1.29, 1.82) is 0 Å². The van der Waals surface area contributed by atoms with E-state index in [-0.39, 0.29) is 42.5 Å². The lowest BCUT2D eigenvalue weighted by atomic mass is 10.1. The van der Waals surface area contributed by atoms with E-state index in [0.717, 1.165) is 5.56 Å². The van der Waals surface area contributed by atoms with E-state index in [0.29, 0.717) is 0 Å². The van der Waals surface area contributed by atoms with E-state index in [2.05, 4.69) is 14.9 Å². The topological polar surface area (TPSA) is 131 Å². The molecule has 29 heavy (non-hydrogen) atoms. The minimum Gasteiger partial charge on any atom is -0.341 e. The van der Waals surface area contributed by atoms with Crippen LogP contribution in [0, 0.1) is 6.92 Å². The highest BCUT2D eigenvalue weighted by Crippen LogP contribution is 2.23. The number of hydrogen-bond donors (Lipinski definition) is 1. The third-order valence-electron chi connectivity index (χ3n) is 4.87. The van der Waals surface area contributed by atoms with Crippen molar-refractivity contribution in [2.24, 2.45) is 7.05 Å². The maximum absolute atomic E-state index is 12.7. The Morgan fingerprint density at radius 1 is 1.21 bits per heavy atom. The molecule has 2 heterocycles. The number of sulfonamides is 1. The van der Waals surface area contributed by atoms with Crippen molar-refractivity contribution in [2.75, 3.05) is 19.6 Å². The van der Waals surface area contributed by atoms with E-state index in [9.17, 15) is 21.6 Å². The second kappa shape index (κ2) is 8.20. The number of aryl methyl sites for hydroxylation is 2. The van der Waals surface area contributed by atoms with Gasteiger partial charge in [-0.25, -0.2) is 21.6 Å². The van der Waals surface area contributed by atoms with Crippen molar-refractivity contribution in [3.8, 4) is 0 Å². The summed E-state index contributed by atoms with van der Waals surface area (Å²) in [7, 11) is -5.87. The van der Waals surface area contributed by atoms with Crippen molar-refractivity contribution in [3.05, 3.63) is 36.2 Å². The van der Waals surface area contributed by atoms with Gasteiger partial charge in [0, 0.05) is 20.1 Å². The van der Waals surface area contributed by atoms with Gasteiger partial charge in [-0.05, 0) is 37.5 Å². The summed E-state index contributed by atoms with van der Waals surface area (Å²) < 4.78 is 53.7. The average Bonchev–Trinajstić information content (AvgIpc) is 3.13. The summed E-state index contributed by atoms with van der Waals surface area (Å²) >= 11 is 0. The Morgan fingerprint density at radius 3 is 2.48 bits per heavy atom. The van der Waals surface area contributed by atoms with Crippen molar-refractivity contribution in [1.82, 2.24) is 24.4 Å². The molecule has 1 N–H and O–H groups in total. The molecule has 0 radical (unpaired) electrons. The fourth-order valence-corrected chi connectivity index (χ4v) is 6.05. The minimum absolute atomic E-state index is 0.0896. The van der Waals surface area contributed by atoms with E-state index < -0.39 is 31.0 Å². The molecule has 158 valence electrons. The zero-order valence-electron chi connectivity index (χ0n) is 16.1. The first-order valence-electron chi connectivity index (χ1n) is 9.03. The normalized spacial score (nSPS) is 16.1. The summed E-state index contributed by atoms with van der Waals surface area (Å²) in [5.41, 5.74) is 0.797. The van der Waals surface area contributed by atoms with Crippen LogP contribution in [-0.2, 0) is 31.7 Å². The van der Waals surface area contributed by atoms with Gasteiger partial charge < -0.3 is 9.47 Å². The lowest BCUT2D eigenvalue weighted by molar-refractivity contribution is -0.130. The molecule has 0 saturated carbocycles. The van der Waals surface area contributed by atoms with Gasteiger partial charge >= 0.3 is 0 Å². The lowest BCUT2D eigenvalue weighted by Gasteiger charge is -2.31. The average molecular weight is 442 g/mol. The molecular weight excluding hydrogens is 418 g/mol. The number of nitrogens with one attached hydrogen (secondary N) is 1. The second-order valence-corrected chi connectivity index (χ2v) is 10.9. The molecule has 12 heteroatoms. The maximum atomic E-state index is 12.7. The minimum atomic E-state index is -3.80. The van der Waals surface area contributed by atoms with Gasteiger partial charge in [0.15, 0.2) is 0 Å². The van der Waals surface area contributed by atoms with E-state index in [1.807, 2.05) is 0 Å². The SMILES string of the molecule is Cc1cccc(S(=O)(=O)NCC(=O)N2CCC(S(=O)(=O)c3nncn3C)CC2)c1. The fourth-order valence-electron chi connectivity index (χ4n) is 3.23. The van der Waals surface area contributed by atoms with Crippen LogP contribution in [0.2, 0.25) is 0 Å². The fraction of sp³-hybridized carbons (Fsp3) is 0.471. The van der Waals surface area contributed by atoms with Crippen LogP contribution in [0.1, 0.15) is 18.4 Å². The van der Waals surface area contributed by atoms with Crippen molar-refractivity contribution >= 4 is 25.8 Å². The smallest absolute Gasteiger partial charge is 0.249 e. The molecule has 1 saturated heterocycles. The van der Waals surface area contributed by atoms with Gasteiger partial charge in [-0.15, -0.1) is 10.2 Å². The molecule has 10 nitrogen and oxygen atoms in total. The van der Waals surface area contributed by atoms with Crippen LogP contribution < -0.4 is 4.72 Å². The molecule has 2 aromatic rings. The van der Waals surface area contributed by atoms with Gasteiger partial charge in [0.25, 0.3) is 0 Å². The predicted molar refractivity (Wildman–Crippen MR) is 104 cm³/mol. The summed E-state index contributed by atoms with van der Waals surface area (Å²) in [4.78, 5) is 14.0. The Bertz CT molecular complexity index is 1100. The van der Waals surface area contributed by atoms with Gasteiger partial charge in [0.2, 0.25) is 30.9 Å².